The van der Waals surface area contributed by atoms with Crippen LogP contribution in [0.5, 0.6) is 0 Å². The number of rotatable bonds is 4. The van der Waals surface area contributed by atoms with Crippen molar-refractivity contribution >= 4 is 17.6 Å². The third-order valence-electron chi connectivity index (χ3n) is 2.81. The Kier molecular flexibility index (Phi) is 4.92. The van der Waals surface area contributed by atoms with Gasteiger partial charge in [-0.1, -0.05) is 11.6 Å². The highest BCUT2D eigenvalue weighted by molar-refractivity contribution is 6.29. The summed E-state index contributed by atoms with van der Waals surface area (Å²) in [7, 11) is 0. The minimum atomic E-state index is -0.352. The lowest BCUT2D eigenvalue weighted by Gasteiger charge is -2.26. The maximum Gasteiger partial charge on any atom is 0.338 e. The topological polar surface area (TPSA) is 54.5 Å². The van der Waals surface area contributed by atoms with Crippen LogP contribution in [0.15, 0.2) is 18.3 Å². The predicted octanol–water partition coefficient (Wildman–Crippen LogP) is 0.797. The van der Waals surface area contributed by atoms with Crippen LogP contribution in [-0.4, -0.2) is 55.2 Å². The number of hydrogen-bond donors (Lipinski definition) is 1. The van der Waals surface area contributed by atoms with Crippen molar-refractivity contribution in [1.82, 2.24) is 15.2 Å². The average Bonchev–Trinajstić information content (AvgIpc) is 2.40. The molecule has 1 fully saturated rings. The van der Waals surface area contributed by atoms with E-state index in [-0.39, 0.29) is 5.97 Å². The average molecular weight is 270 g/mol. The van der Waals surface area contributed by atoms with E-state index in [9.17, 15) is 4.79 Å². The van der Waals surface area contributed by atoms with Gasteiger partial charge in [-0.2, -0.15) is 0 Å². The van der Waals surface area contributed by atoms with Gasteiger partial charge in [0.2, 0.25) is 0 Å². The van der Waals surface area contributed by atoms with Gasteiger partial charge in [-0.25, -0.2) is 9.78 Å². The smallest absolute Gasteiger partial charge is 0.338 e. The molecule has 98 valence electrons. The summed E-state index contributed by atoms with van der Waals surface area (Å²) in [6.45, 7) is 5.16. The van der Waals surface area contributed by atoms with E-state index in [1.807, 2.05) is 0 Å². The monoisotopic (exact) mass is 269 g/mol. The van der Waals surface area contributed by atoms with E-state index >= 15 is 0 Å². The molecule has 1 N–H and O–H groups in total. The Balaban J connectivity index is 1.74. The first-order valence-corrected chi connectivity index (χ1v) is 6.35. The molecule has 6 heteroatoms. The van der Waals surface area contributed by atoms with Gasteiger partial charge in [-0.15, -0.1) is 0 Å². The Morgan fingerprint density at radius 3 is 3.00 bits per heavy atom. The fourth-order valence-electron chi connectivity index (χ4n) is 1.81. The number of carbonyl (C=O) groups is 1. The van der Waals surface area contributed by atoms with Gasteiger partial charge in [0.25, 0.3) is 0 Å². The number of carbonyl (C=O) groups excluding carboxylic acids is 1. The zero-order valence-corrected chi connectivity index (χ0v) is 10.8. The van der Waals surface area contributed by atoms with Crippen LogP contribution >= 0.6 is 11.6 Å². The lowest BCUT2D eigenvalue weighted by Crippen LogP contribution is -2.44. The number of nitrogens with one attached hydrogen (secondary N) is 1. The molecule has 0 aliphatic carbocycles. The molecule has 0 saturated carbocycles. The number of halogens is 1. The van der Waals surface area contributed by atoms with Gasteiger partial charge < -0.3 is 10.1 Å². The van der Waals surface area contributed by atoms with Crippen LogP contribution in [0.3, 0.4) is 0 Å². The minimum Gasteiger partial charge on any atom is -0.461 e. The number of piperazine rings is 1. The summed E-state index contributed by atoms with van der Waals surface area (Å²) < 4.78 is 5.20. The molecule has 0 amide bonds. The summed E-state index contributed by atoms with van der Waals surface area (Å²) in [5.41, 5.74) is 0.440. The molecule has 0 atom stereocenters. The molecule has 0 radical (unpaired) electrons. The molecule has 1 saturated heterocycles. The van der Waals surface area contributed by atoms with Crippen LogP contribution < -0.4 is 5.32 Å². The molecule has 1 aromatic heterocycles. The number of aromatic nitrogens is 1. The number of hydrogen-bond acceptors (Lipinski definition) is 5. The molecular formula is C12H16ClN3O2. The fourth-order valence-corrected chi connectivity index (χ4v) is 1.99. The Morgan fingerprint density at radius 2 is 2.28 bits per heavy atom. The molecule has 1 aliphatic rings. The second kappa shape index (κ2) is 6.68. The minimum absolute atomic E-state index is 0.298. The Labute approximate surface area is 111 Å². The number of esters is 1. The lowest BCUT2D eigenvalue weighted by atomic mass is 10.3. The van der Waals surface area contributed by atoms with Crippen molar-refractivity contribution in [2.24, 2.45) is 0 Å². The van der Waals surface area contributed by atoms with Gasteiger partial charge in [0.05, 0.1) is 5.56 Å². The molecule has 18 heavy (non-hydrogen) atoms. The van der Waals surface area contributed by atoms with E-state index in [1.165, 1.54) is 12.3 Å². The second-order valence-electron chi connectivity index (χ2n) is 4.09. The Hall–Kier alpha value is -1.17. The Bertz CT molecular complexity index is 408. The highest BCUT2D eigenvalue weighted by atomic mass is 35.5. The fraction of sp³-hybridized carbons (Fsp3) is 0.500. The van der Waals surface area contributed by atoms with Crippen molar-refractivity contribution in [3.8, 4) is 0 Å². The third kappa shape index (κ3) is 3.94. The highest BCUT2D eigenvalue weighted by Crippen LogP contribution is 2.08. The van der Waals surface area contributed by atoms with Gasteiger partial charge in [0.15, 0.2) is 0 Å². The van der Waals surface area contributed by atoms with Gasteiger partial charge in [-0.05, 0) is 12.1 Å². The molecule has 5 nitrogen and oxygen atoms in total. The second-order valence-corrected chi connectivity index (χ2v) is 4.48. The van der Waals surface area contributed by atoms with Crippen molar-refractivity contribution < 1.29 is 9.53 Å². The van der Waals surface area contributed by atoms with E-state index < -0.39 is 0 Å². The summed E-state index contributed by atoms with van der Waals surface area (Å²) in [5.74, 6) is -0.352. The van der Waals surface area contributed by atoms with E-state index in [1.54, 1.807) is 6.07 Å². The molecule has 1 aromatic rings. The normalized spacial score (nSPS) is 16.5. The summed E-state index contributed by atoms with van der Waals surface area (Å²) in [4.78, 5) is 17.8. The zero-order valence-electron chi connectivity index (χ0n) is 10.1. The van der Waals surface area contributed by atoms with Gasteiger partial charge in [0, 0.05) is 38.9 Å². The van der Waals surface area contributed by atoms with Crippen LogP contribution in [0.2, 0.25) is 5.15 Å². The zero-order chi connectivity index (χ0) is 12.8. The number of nitrogens with zero attached hydrogens (tertiary/aromatic N) is 2. The maximum atomic E-state index is 11.7. The molecule has 1 aliphatic heterocycles. The molecule has 2 heterocycles. The summed E-state index contributed by atoms with van der Waals surface area (Å²) >= 11 is 5.71. The molecule has 0 unspecified atom stereocenters. The first-order chi connectivity index (χ1) is 8.75. The van der Waals surface area contributed by atoms with E-state index in [0.29, 0.717) is 17.3 Å². The first kappa shape index (κ1) is 13.3. The molecule has 0 aromatic carbocycles. The van der Waals surface area contributed by atoms with Crippen molar-refractivity contribution in [3.63, 3.8) is 0 Å². The Morgan fingerprint density at radius 1 is 1.50 bits per heavy atom. The summed E-state index contributed by atoms with van der Waals surface area (Å²) in [5, 5.41) is 3.57. The molecule has 2 rings (SSSR count). The van der Waals surface area contributed by atoms with Gasteiger partial charge in [0.1, 0.15) is 11.8 Å². The standard InChI is InChI=1S/C12H16ClN3O2/c13-11-9-10(1-2-15-11)12(17)18-8-7-16-5-3-14-4-6-16/h1-2,9,14H,3-8H2. The van der Waals surface area contributed by atoms with Crippen LogP contribution in [0, 0.1) is 0 Å². The van der Waals surface area contributed by atoms with Crippen LogP contribution in [0.25, 0.3) is 0 Å². The quantitative estimate of drug-likeness (QED) is 0.647. The van der Waals surface area contributed by atoms with Crippen LogP contribution in [-0.2, 0) is 4.74 Å². The molecule has 0 bridgehead atoms. The van der Waals surface area contributed by atoms with Crippen molar-refractivity contribution in [2.75, 3.05) is 39.3 Å². The number of pyridine rings is 1. The van der Waals surface area contributed by atoms with E-state index in [0.717, 1.165) is 32.7 Å². The van der Waals surface area contributed by atoms with E-state index in [4.69, 9.17) is 16.3 Å². The number of ether oxygens (including phenoxy) is 1. The van der Waals surface area contributed by atoms with Crippen molar-refractivity contribution in [1.29, 1.82) is 0 Å². The SMILES string of the molecule is O=C(OCCN1CCNCC1)c1ccnc(Cl)c1. The molecule has 0 spiro atoms. The third-order valence-corrected chi connectivity index (χ3v) is 3.02. The lowest BCUT2D eigenvalue weighted by molar-refractivity contribution is 0.0456. The largest absolute Gasteiger partial charge is 0.461 e. The maximum absolute atomic E-state index is 11.7. The van der Waals surface area contributed by atoms with Crippen LogP contribution in [0.4, 0.5) is 0 Å². The van der Waals surface area contributed by atoms with Crippen molar-refractivity contribution in [2.45, 2.75) is 0 Å². The van der Waals surface area contributed by atoms with Crippen molar-refractivity contribution in [3.05, 3.63) is 29.0 Å². The summed E-state index contributed by atoms with van der Waals surface area (Å²) in [6, 6.07) is 3.10. The van der Waals surface area contributed by atoms with Gasteiger partial charge in [-0.3, -0.25) is 4.90 Å². The predicted molar refractivity (Wildman–Crippen MR) is 68.8 cm³/mol. The first-order valence-electron chi connectivity index (χ1n) is 5.97. The van der Waals surface area contributed by atoms with Crippen LogP contribution in [0.1, 0.15) is 10.4 Å². The van der Waals surface area contributed by atoms with E-state index in [2.05, 4.69) is 15.2 Å². The molecular weight excluding hydrogens is 254 g/mol. The summed E-state index contributed by atoms with van der Waals surface area (Å²) in [6.07, 6.45) is 1.50. The highest BCUT2D eigenvalue weighted by Gasteiger charge is 2.11. The van der Waals surface area contributed by atoms with Gasteiger partial charge >= 0.3 is 5.97 Å².